The number of hydrogen-bond donors (Lipinski definition) is 0. The minimum atomic E-state index is -3.66. The number of sulfonamides is 1. The zero-order chi connectivity index (χ0) is 27.6. The first-order valence-corrected chi connectivity index (χ1v) is 14.5. The first kappa shape index (κ1) is 27.6. The van der Waals surface area contributed by atoms with E-state index in [-0.39, 0.29) is 17.1 Å². The van der Waals surface area contributed by atoms with E-state index in [0.717, 1.165) is 12.8 Å². The number of aromatic nitrogens is 1. The average Bonchev–Trinajstić information content (AvgIpc) is 3.39. The highest BCUT2D eigenvalue weighted by Crippen LogP contribution is 2.50. The minimum Gasteiger partial charge on any atom is -0.443 e. The molecule has 1 saturated heterocycles. The van der Waals surface area contributed by atoms with Crippen LogP contribution in [0.5, 0.6) is 0 Å². The van der Waals surface area contributed by atoms with Crippen LogP contribution in [0.1, 0.15) is 94.2 Å². The van der Waals surface area contributed by atoms with E-state index in [0.29, 0.717) is 47.6 Å². The van der Waals surface area contributed by atoms with Crippen molar-refractivity contribution in [2.24, 2.45) is 10.8 Å². The summed E-state index contributed by atoms with van der Waals surface area (Å²) in [5.74, 6) is -0.0287. The van der Waals surface area contributed by atoms with Gasteiger partial charge in [-0.3, -0.25) is 9.36 Å². The summed E-state index contributed by atoms with van der Waals surface area (Å²) in [6.45, 7) is 16.3. The number of rotatable bonds is 4. The van der Waals surface area contributed by atoms with Gasteiger partial charge in [0.1, 0.15) is 5.60 Å². The van der Waals surface area contributed by atoms with Crippen molar-refractivity contribution in [3.05, 3.63) is 52.3 Å². The maximum atomic E-state index is 14.0. The van der Waals surface area contributed by atoms with E-state index >= 15 is 0 Å². The van der Waals surface area contributed by atoms with E-state index in [2.05, 4.69) is 0 Å². The Morgan fingerprint density at radius 3 is 2.24 bits per heavy atom. The van der Waals surface area contributed by atoms with Crippen LogP contribution in [0.15, 0.2) is 29.2 Å². The molecule has 2 heterocycles. The fourth-order valence-electron chi connectivity index (χ4n) is 5.43. The largest absolute Gasteiger partial charge is 0.443 e. The average molecular weight is 529 g/mol. The smallest absolute Gasteiger partial charge is 0.418 e. The van der Waals surface area contributed by atoms with Crippen LogP contribution in [0.25, 0.3) is 0 Å². The van der Waals surface area contributed by atoms with E-state index in [1.165, 1.54) is 4.31 Å². The molecule has 37 heavy (non-hydrogen) atoms. The molecule has 1 aromatic heterocycles. The molecule has 0 spiro atoms. The van der Waals surface area contributed by atoms with Gasteiger partial charge >= 0.3 is 6.09 Å². The van der Waals surface area contributed by atoms with Crippen molar-refractivity contribution < 1.29 is 22.7 Å². The molecule has 7 nitrogen and oxygen atoms in total. The molecule has 0 amide bonds. The van der Waals surface area contributed by atoms with Gasteiger partial charge in [-0.25, -0.2) is 13.2 Å². The van der Waals surface area contributed by atoms with Crippen LogP contribution in [0.2, 0.25) is 0 Å². The maximum Gasteiger partial charge on any atom is 0.418 e. The number of hydrogen-bond acceptors (Lipinski definition) is 5. The normalized spacial score (nSPS) is 19.6. The van der Waals surface area contributed by atoms with Crippen LogP contribution in [0, 0.1) is 17.8 Å². The van der Waals surface area contributed by atoms with Gasteiger partial charge in [0, 0.05) is 41.9 Å². The number of carbonyl (C=O) groups is 2. The second kappa shape index (κ2) is 9.09. The molecule has 2 aromatic rings. The lowest BCUT2D eigenvalue weighted by atomic mass is 9.58. The summed E-state index contributed by atoms with van der Waals surface area (Å²) in [7, 11) is -3.66. The molecule has 0 N–H and O–H groups in total. The lowest BCUT2D eigenvalue weighted by molar-refractivity contribution is 0.0477. The highest BCUT2D eigenvalue weighted by Gasteiger charge is 2.51. The number of benzene rings is 1. The second-order valence-electron chi connectivity index (χ2n) is 12.6. The zero-order valence-corrected chi connectivity index (χ0v) is 24.2. The van der Waals surface area contributed by atoms with Crippen LogP contribution >= 0.6 is 0 Å². The molecule has 1 fully saturated rings. The maximum absolute atomic E-state index is 14.0. The van der Waals surface area contributed by atoms with Crippen LogP contribution in [-0.4, -0.2) is 47.9 Å². The Morgan fingerprint density at radius 1 is 1.05 bits per heavy atom. The predicted molar refractivity (Wildman–Crippen MR) is 144 cm³/mol. The first-order chi connectivity index (χ1) is 17.0. The number of fused-ring (bicyclic) bond motifs is 1. The summed E-state index contributed by atoms with van der Waals surface area (Å²) in [6, 6.07) is 7.00. The molecular weight excluding hydrogens is 488 g/mol. The quantitative estimate of drug-likeness (QED) is 0.505. The van der Waals surface area contributed by atoms with Gasteiger partial charge < -0.3 is 4.74 Å². The van der Waals surface area contributed by atoms with Crippen molar-refractivity contribution in [1.82, 2.24) is 8.87 Å². The van der Waals surface area contributed by atoms with Crippen molar-refractivity contribution in [2.75, 3.05) is 13.1 Å². The van der Waals surface area contributed by atoms with Gasteiger partial charge in [-0.05, 0) is 69.6 Å². The Labute approximate surface area is 221 Å². The Balaban J connectivity index is 1.90. The summed E-state index contributed by atoms with van der Waals surface area (Å²) < 4.78 is 35.9. The summed E-state index contributed by atoms with van der Waals surface area (Å²) in [6.07, 6.45) is 1.94. The number of ketones is 1. The molecular formula is C29H40N2O5S. The van der Waals surface area contributed by atoms with E-state index in [1.54, 1.807) is 16.7 Å². The molecule has 1 aliphatic carbocycles. The SMILES string of the molecule is Cc1c(Cc2ccccc2S(=O)(=O)N2CCCC2)c2c(n1C(=O)OC(C)(C)C)CC(C)(C)C(C)(C)C2=O. The molecule has 0 unspecified atom stereocenters. The number of carbonyl (C=O) groups excluding carboxylic acids is 2. The van der Waals surface area contributed by atoms with Crippen molar-refractivity contribution >= 4 is 21.9 Å². The van der Waals surface area contributed by atoms with Crippen molar-refractivity contribution in [3.8, 4) is 0 Å². The minimum absolute atomic E-state index is 0.0287. The third-order valence-electron chi connectivity index (χ3n) is 8.33. The molecule has 2 aliphatic rings. The highest BCUT2D eigenvalue weighted by atomic mass is 32.2. The fourth-order valence-corrected chi connectivity index (χ4v) is 7.17. The van der Waals surface area contributed by atoms with Gasteiger partial charge in [-0.2, -0.15) is 4.31 Å². The number of Topliss-reactive ketones (excluding diaryl/α,β-unsaturated/α-hetero) is 1. The van der Waals surface area contributed by atoms with Gasteiger partial charge in [0.2, 0.25) is 10.0 Å². The molecule has 0 bridgehead atoms. The van der Waals surface area contributed by atoms with Crippen molar-refractivity contribution in [2.45, 2.75) is 91.6 Å². The third kappa shape index (κ3) is 4.67. The van der Waals surface area contributed by atoms with Crippen LogP contribution < -0.4 is 0 Å². The highest BCUT2D eigenvalue weighted by molar-refractivity contribution is 7.89. The number of ether oxygens (including phenoxy) is 1. The summed E-state index contributed by atoms with van der Waals surface area (Å²) >= 11 is 0. The Hall–Kier alpha value is -2.45. The number of nitrogens with zero attached hydrogens (tertiary/aromatic N) is 2. The second-order valence-corrected chi connectivity index (χ2v) is 14.5. The van der Waals surface area contributed by atoms with E-state index < -0.39 is 32.5 Å². The molecule has 0 radical (unpaired) electrons. The molecule has 1 aliphatic heterocycles. The summed E-state index contributed by atoms with van der Waals surface area (Å²) in [4.78, 5) is 27.7. The fraction of sp³-hybridized carbons (Fsp3) is 0.586. The van der Waals surface area contributed by atoms with Gasteiger partial charge in [0.05, 0.1) is 4.90 Å². The lowest BCUT2D eigenvalue weighted by Gasteiger charge is -2.44. The summed E-state index contributed by atoms with van der Waals surface area (Å²) in [5, 5.41) is 0. The Bertz CT molecular complexity index is 1350. The van der Waals surface area contributed by atoms with Crippen molar-refractivity contribution in [1.29, 1.82) is 0 Å². The molecule has 202 valence electrons. The molecule has 8 heteroatoms. The van der Waals surface area contributed by atoms with E-state index in [9.17, 15) is 18.0 Å². The van der Waals surface area contributed by atoms with Gasteiger partial charge in [-0.15, -0.1) is 0 Å². The van der Waals surface area contributed by atoms with Gasteiger partial charge in [-0.1, -0.05) is 45.9 Å². The topological polar surface area (TPSA) is 85.7 Å². The predicted octanol–water partition coefficient (Wildman–Crippen LogP) is 5.75. The van der Waals surface area contributed by atoms with Gasteiger partial charge in [0.15, 0.2) is 5.78 Å². The zero-order valence-electron chi connectivity index (χ0n) is 23.4. The monoisotopic (exact) mass is 528 g/mol. The molecule has 0 saturated carbocycles. The first-order valence-electron chi connectivity index (χ1n) is 13.1. The Kier molecular flexibility index (Phi) is 6.77. The standard InChI is InChI=1S/C29H40N2O5S/c1-19-21(17-20-13-9-10-14-23(20)37(34,35)30-15-11-12-16-30)24-22(31(19)26(33)36-27(2,3)4)18-28(5,6)29(7,8)25(24)32/h9-10,13-14H,11-12,15-18H2,1-8H3. The van der Waals surface area contributed by atoms with Crippen LogP contribution in [0.3, 0.4) is 0 Å². The van der Waals surface area contributed by atoms with Crippen LogP contribution in [0.4, 0.5) is 4.79 Å². The molecule has 1 aromatic carbocycles. The third-order valence-corrected chi connectivity index (χ3v) is 10.3. The van der Waals surface area contributed by atoms with E-state index in [1.807, 2.05) is 67.5 Å². The summed E-state index contributed by atoms with van der Waals surface area (Å²) in [5.41, 5.74) is 1.35. The van der Waals surface area contributed by atoms with Crippen molar-refractivity contribution in [3.63, 3.8) is 0 Å². The Morgan fingerprint density at radius 2 is 1.65 bits per heavy atom. The van der Waals surface area contributed by atoms with Gasteiger partial charge in [0.25, 0.3) is 0 Å². The van der Waals surface area contributed by atoms with Crippen LogP contribution in [-0.2, 0) is 27.6 Å². The molecule has 0 atom stereocenters. The van der Waals surface area contributed by atoms with E-state index in [4.69, 9.17) is 4.74 Å². The molecule has 4 rings (SSSR count). The lowest BCUT2D eigenvalue weighted by Crippen LogP contribution is -2.46.